The van der Waals surface area contributed by atoms with E-state index in [9.17, 15) is 9.18 Å². The van der Waals surface area contributed by atoms with Gasteiger partial charge in [-0.2, -0.15) is 0 Å². The van der Waals surface area contributed by atoms with E-state index in [1.54, 1.807) is 18.2 Å². The summed E-state index contributed by atoms with van der Waals surface area (Å²) in [7, 11) is 0. The van der Waals surface area contributed by atoms with Crippen LogP contribution >= 0.6 is 0 Å². The van der Waals surface area contributed by atoms with E-state index in [2.05, 4.69) is 15.0 Å². The molecule has 1 aromatic carbocycles. The third-order valence-electron chi connectivity index (χ3n) is 2.67. The minimum Gasteiger partial charge on any atom is -0.475 e. The van der Waals surface area contributed by atoms with Crippen molar-refractivity contribution in [1.29, 1.82) is 0 Å². The van der Waals surface area contributed by atoms with Crippen molar-refractivity contribution in [2.24, 2.45) is 0 Å². The molecule has 0 aliphatic rings. The summed E-state index contributed by atoms with van der Waals surface area (Å²) in [5.74, 6) is -1.63. The summed E-state index contributed by atoms with van der Waals surface area (Å²) in [6, 6.07) is 6.48. The fourth-order valence-electron chi connectivity index (χ4n) is 1.83. The smallest absolute Gasteiger partial charge is 0.371 e. The monoisotopic (exact) mass is 245 g/mol. The molecule has 0 radical (unpaired) electrons. The first kappa shape index (κ1) is 10.5. The molecule has 0 aliphatic heterocycles. The second-order valence-electron chi connectivity index (χ2n) is 3.84. The number of benzene rings is 1. The Hall–Kier alpha value is -2.63. The average molecular weight is 245 g/mol. The van der Waals surface area contributed by atoms with E-state index >= 15 is 0 Å². The van der Waals surface area contributed by atoms with Gasteiger partial charge in [-0.3, -0.25) is 0 Å². The fraction of sp³-hybridized carbons (Fsp3) is 0. The van der Waals surface area contributed by atoms with Gasteiger partial charge in [-0.1, -0.05) is 12.1 Å². The van der Waals surface area contributed by atoms with Crippen LogP contribution in [0.4, 0.5) is 4.39 Å². The lowest BCUT2D eigenvalue weighted by molar-refractivity contribution is 0.0685. The van der Waals surface area contributed by atoms with Gasteiger partial charge in [0, 0.05) is 5.39 Å². The molecule has 18 heavy (non-hydrogen) atoms. The van der Waals surface area contributed by atoms with Gasteiger partial charge in [-0.05, 0) is 12.1 Å². The molecule has 6 heteroatoms. The highest BCUT2D eigenvalue weighted by molar-refractivity contribution is 5.87. The number of carbonyl (C=O) groups is 1. The standard InChI is InChI=1S/C12H8FN3O2/c13-7-3-1-2-6-4-8(15-10(6)7)9-5-14-11(16-9)12(17)18/h1-5,15H,(H,14,16)(H,17,18). The highest BCUT2D eigenvalue weighted by atomic mass is 19.1. The van der Waals surface area contributed by atoms with Gasteiger partial charge < -0.3 is 15.1 Å². The molecular weight excluding hydrogens is 237 g/mol. The van der Waals surface area contributed by atoms with Crippen molar-refractivity contribution in [3.8, 4) is 11.4 Å². The third-order valence-corrected chi connectivity index (χ3v) is 2.67. The zero-order valence-corrected chi connectivity index (χ0v) is 9.07. The van der Waals surface area contributed by atoms with Gasteiger partial charge >= 0.3 is 5.97 Å². The van der Waals surface area contributed by atoms with Crippen molar-refractivity contribution >= 4 is 16.9 Å². The number of rotatable bonds is 2. The number of H-pyrrole nitrogens is 2. The van der Waals surface area contributed by atoms with E-state index in [1.807, 2.05) is 0 Å². The predicted molar refractivity (Wildman–Crippen MR) is 62.8 cm³/mol. The molecule has 0 unspecified atom stereocenters. The molecule has 0 spiro atoms. The molecule has 3 aromatic rings. The molecule has 2 heterocycles. The Morgan fingerprint density at radius 2 is 2.11 bits per heavy atom. The molecule has 90 valence electrons. The molecule has 3 rings (SSSR count). The van der Waals surface area contributed by atoms with Gasteiger partial charge in [-0.25, -0.2) is 14.2 Å². The van der Waals surface area contributed by atoms with Crippen LogP contribution in [-0.2, 0) is 0 Å². The predicted octanol–water partition coefficient (Wildman–Crippen LogP) is 2.40. The van der Waals surface area contributed by atoms with Gasteiger partial charge in [0.05, 0.1) is 23.1 Å². The summed E-state index contributed by atoms with van der Waals surface area (Å²) >= 11 is 0. The number of aromatic carboxylic acids is 1. The van der Waals surface area contributed by atoms with Crippen LogP contribution in [0.2, 0.25) is 0 Å². The molecular formula is C12H8FN3O2. The maximum Gasteiger partial charge on any atom is 0.371 e. The van der Waals surface area contributed by atoms with E-state index in [4.69, 9.17) is 5.11 Å². The molecule has 2 aromatic heterocycles. The molecule has 0 fully saturated rings. The molecule has 0 atom stereocenters. The minimum atomic E-state index is -1.14. The summed E-state index contributed by atoms with van der Waals surface area (Å²) in [5, 5.41) is 9.48. The number of hydrogen-bond acceptors (Lipinski definition) is 2. The van der Waals surface area contributed by atoms with Gasteiger partial charge in [0.2, 0.25) is 5.82 Å². The van der Waals surface area contributed by atoms with Crippen LogP contribution in [0, 0.1) is 5.82 Å². The van der Waals surface area contributed by atoms with Crippen molar-refractivity contribution in [1.82, 2.24) is 15.0 Å². The van der Waals surface area contributed by atoms with E-state index in [1.165, 1.54) is 12.3 Å². The van der Waals surface area contributed by atoms with Crippen molar-refractivity contribution in [2.45, 2.75) is 0 Å². The highest BCUT2D eigenvalue weighted by Crippen LogP contribution is 2.24. The number of aromatic nitrogens is 3. The molecule has 0 amide bonds. The van der Waals surface area contributed by atoms with E-state index in [-0.39, 0.29) is 11.6 Å². The van der Waals surface area contributed by atoms with E-state index in [0.717, 1.165) is 5.39 Å². The minimum absolute atomic E-state index is 0.149. The zero-order chi connectivity index (χ0) is 12.7. The molecule has 0 aliphatic carbocycles. The number of hydrogen-bond donors (Lipinski definition) is 3. The second kappa shape index (κ2) is 3.69. The van der Waals surface area contributed by atoms with Gasteiger partial charge in [0.15, 0.2) is 0 Å². The lowest BCUT2D eigenvalue weighted by Crippen LogP contribution is -1.98. The maximum absolute atomic E-state index is 13.5. The van der Waals surface area contributed by atoms with Gasteiger partial charge in [-0.15, -0.1) is 0 Å². The van der Waals surface area contributed by atoms with Crippen LogP contribution in [-0.4, -0.2) is 26.0 Å². The van der Waals surface area contributed by atoms with Crippen molar-refractivity contribution in [2.75, 3.05) is 0 Å². The fourth-order valence-corrected chi connectivity index (χ4v) is 1.83. The Bertz CT molecular complexity index is 745. The van der Waals surface area contributed by atoms with Gasteiger partial charge in [0.25, 0.3) is 0 Å². The first-order chi connectivity index (χ1) is 8.65. The number of halogens is 1. The summed E-state index contributed by atoms with van der Waals surface area (Å²) in [5.41, 5.74) is 1.48. The molecule has 5 nitrogen and oxygen atoms in total. The Kier molecular flexibility index (Phi) is 2.16. The number of nitrogens with zero attached hydrogens (tertiary/aromatic N) is 1. The number of carboxylic acids is 1. The molecule has 0 saturated heterocycles. The lowest BCUT2D eigenvalue weighted by Gasteiger charge is -1.91. The molecule has 0 saturated carbocycles. The Labute approximate surface area is 100 Å². The SMILES string of the molecule is O=C(O)c1ncc(-c2cc3cccc(F)c3[nH]2)[nH]1. The normalized spacial score (nSPS) is 10.9. The van der Waals surface area contributed by atoms with E-state index < -0.39 is 5.97 Å². The first-order valence-electron chi connectivity index (χ1n) is 5.21. The number of nitrogens with one attached hydrogen (secondary N) is 2. The number of para-hydroxylation sites is 1. The van der Waals surface area contributed by atoms with Crippen molar-refractivity contribution in [3.05, 3.63) is 42.1 Å². The van der Waals surface area contributed by atoms with Crippen molar-refractivity contribution < 1.29 is 14.3 Å². The van der Waals surface area contributed by atoms with Crippen LogP contribution in [0.25, 0.3) is 22.3 Å². The van der Waals surface area contributed by atoms with E-state index in [0.29, 0.717) is 16.9 Å². The number of fused-ring (bicyclic) bond motifs is 1. The molecule has 3 N–H and O–H groups in total. The van der Waals surface area contributed by atoms with Crippen LogP contribution in [0.3, 0.4) is 0 Å². The van der Waals surface area contributed by atoms with Crippen LogP contribution in [0.1, 0.15) is 10.6 Å². The Morgan fingerprint density at radius 3 is 2.78 bits per heavy atom. The highest BCUT2D eigenvalue weighted by Gasteiger charge is 2.11. The van der Waals surface area contributed by atoms with Gasteiger partial charge in [0.1, 0.15) is 5.82 Å². The Morgan fingerprint density at radius 1 is 1.28 bits per heavy atom. The zero-order valence-electron chi connectivity index (χ0n) is 9.07. The average Bonchev–Trinajstić information content (AvgIpc) is 2.95. The summed E-state index contributed by atoms with van der Waals surface area (Å²) in [6.07, 6.45) is 1.39. The Balaban J connectivity index is 2.13. The van der Waals surface area contributed by atoms with Crippen molar-refractivity contribution in [3.63, 3.8) is 0 Å². The summed E-state index contributed by atoms with van der Waals surface area (Å²) in [6.45, 7) is 0. The second-order valence-corrected chi connectivity index (χ2v) is 3.84. The maximum atomic E-state index is 13.5. The summed E-state index contributed by atoms with van der Waals surface area (Å²) in [4.78, 5) is 20.0. The quantitative estimate of drug-likeness (QED) is 0.648. The lowest BCUT2D eigenvalue weighted by atomic mass is 10.2. The first-order valence-corrected chi connectivity index (χ1v) is 5.21. The third kappa shape index (κ3) is 1.55. The largest absolute Gasteiger partial charge is 0.475 e. The topological polar surface area (TPSA) is 81.8 Å². The number of imidazole rings is 1. The number of aromatic amines is 2. The number of carboxylic acid groups (broad SMARTS) is 1. The van der Waals surface area contributed by atoms with Crippen LogP contribution < -0.4 is 0 Å². The molecule has 0 bridgehead atoms. The summed E-state index contributed by atoms with van der Waals surface area (Å²) < 4.78 is 13.5. The van der Waals surface area contributed by atoms with Crippen LogP contribution in [0.15, 0.2) is 30.5 Å². The van der Waals surface area contributed by atoms with Crippen LogP contribution in [0.5, 0.6) is 0 Å².